The van der Waals surface area contributed by atoms with E-state index in [1.54, 1.807) is 49.6 Å². The predicted molar refractivity (Wildman–Crippen MR) is 166 cm³/mol. The zero-order valence-electron chi connectivity index (χ0n) is 24.8. The minimum Gasteiger partial charge on any atom is -0.497 e. The van der Waals surface area contributed by atoms with Crippen LogP contribution >= 0.6 is 0 Å². The highest BCUT2D eigenvalue weighted by Gasteiger charge is 2.51. The minimum atomic E-state index is -0.336. The lowest BCUT2D eigenvalue weighted by atomic mass is 9.48. The number of rotatable bonds is 11. The minimum absolute atomic E-state index is 0.151. The van der Waals surface area contributed by atoms with Crippen LogP contribution in [0.25, 0.3) is 0 Å². The predicted octanol–water partition coefficient (Wildman–Crippen LogP) is 6.34. The van der Waals surface area contributed by atoms with Crippen molar-refractivity contribution in [1.82, 2.24) is 5.43 Å². The number of hydrogen-bond acceptors (Lipinski definition) is 6. The lowest BCUT2D eigenvalue weighted by Gasteiger charge is -2.57. The molecule has 4 aliphatic rings. The first-order valence-corrected chi connectivity index (χ1v) is 15.2. The SMILES string of the molecule is CCOc1cc(/C=N/NC(=O)c2ccc(OC)cc2)ccc1OCC(=O)Nc1ccc(C23CC4CC(CC(C4)C2)C3)cc1. The van der Waals surface area contributed by atoms with Crippen molar-refractivity contribution in [3.05, 3.63) is 83.4 Å². The zero-order valence-corrected chi connectivity index (χ0v) is 24.8. The second-order valence-corrected chi connectivity index (χ2v) is 12.2. The molecule has 0 saturated heterocycles. The number of carbonyl (C=O) groups is 2. The van der Waals surface area contributed by atoms with Gasteiger partial charge in [0.1, 0.15) is 5.75 Å². The summed E-state index contributed by atoms with van der Waals surface area (Å²) in [6, 6.07) is 20.5. The number of nitrogens with one attached hydrogen (secondary N) is 2. The van der Waals surface area contributed by atoms with Crippen molar-refractivity contribution < 1.29 is 23.8 Å². The third-order valence-electron chi connectivity index (χ3n) is 9.18. The maximum atomic E-state index is 12.7. The highest BCUT2D eigenvalue weighted by atomic mass is 16.5. The van der Waals surface area contributed by atoms with Gasteiger partial charge in [-0.15, -0.1) is 0 Å². The number of hydrogen-bond donors (Lipinski definition) is 2. The van der Waals surface area contributed by atoms with Gasteiger partial charge in [0.2, 0.25) is 0 Å². The van der Waals surface area contributed by atoms with Gasteiger partial charge in [0, 0.05) is 11.3 Å². The molecule has 4 fully saturated rings. The molecule has 3 aromatic rings. The monoisotopic (exact) mass is 581 g/mol. The Bertz CT molecular complexity index is 1450. The molecule has 0 atom stereocenters. The molecule has 0 aliphatic heterocycles. The lowest BCUT2D eigenvalue weighted by molar-refractivity contribution is -0.118. The van der Waals surface area contributed by atoms with Crippen LogP contribution in [0, 0.1) is 17.8 Å². The fraction of sp³-hybridized carbons (Fsp3) is 0.400. The van der Waals surface area contributed by atoms with Crippen LogP contribution in [0.1, 0.15) is 66.9 Å². The van der Waals surface area contributed by atoms with Crippen LogP contribution in [0.5, 0.6) is 17.2 Å². The van der Waals surface area contributed by atoms with E-state index in [0.29, 0.717) is 40.4 Å². The normalized spacial score (nSPS) is 23.6. The van der Waals surface area contributed by atoms with Gasteiger partial charge in [0.05, 0.1) is 19.9 Å². The van der Waals surface area contributed by atoms with Gasteiger partial charge in [0.15, 0.2) is 18.1 Å². The van der Waals surface area contributed by atoms with Crippen LogP contribution in [0.15, 0.2) is 71.8 Å². The Morgan fingerprint density at radius 2 is 1.56 bits per heavy atom. The molecule has 2 N–H and O–H groups in total. The number of ether oxygens (including phenoxy) is 3. The first-order valence-electron chi connectivity index (χ1n) is 15.2. The molecule has 4 aliphatic carbocycles. The summed E-state index contributed by atoms with van der Waals surface area (Å²) in [4.78, 5) is 25.1. The molecule has 4 saturated carbocycles. The zero-order chi connectivity index (χ0) is 29.8. The second-order valence-electron chi connectivity index (χ2n) is 12.2. The number of carbonyl (C=O) groups excluding carboxylic acids is 2. The highest BCUT2D eigenvalue weighted by Crippen LogP contribution is 2.60. The molecule has 7 rings (SSSR count). The molecule has 2 amide bonds. The summed E-state index contributed by atoms with van der Waals surface area (Å²) < 4.78 is 16.7. The molecule has 3 aromatic carbocycles. The Labute approximate surface area is 252 Å². The molecule has 0 aromatic heterocycles. The fourth-order valence-corrected chi connectivity index (χ4v) is 7.68. The smallest absolute Gasteiger partial charge is 0.271 e. The van der Waals surface area contributed by atoms with Crippen molar-refractivity contribution in [2.45, 2.75) is 50.9 Å². The van der Waals surface area contributed by atoms with Crippen LogP contribution in [0.4, 0.5) is 5.69 Å². The van der Waals surface area contributed by atoms with E-state index in [2.05, 4.69) is 28.0 Å². The standard InChI is InChI=1S/C35H39N3O5/c1-3-42-32-17-23(21-36-38-34(40)27-5-11-30(41-2)12-6-27)4-13-31(32)43-22-33(39)37-29-9-7-28(8-10-29)35-18-24-14-25(19-35)16-26(15-24)20-35/h4-13,17,21,24-26H,3,14-16,18-20,22H2,1-2H3,(H,37,39)(H,38,40)/b36-21+. The van der Waals surface area contributed by atoms with Gasteiger partial charge in [0.25, 0.3) is 11.8 Å². The third kappa shape index (κ3) is 6.53. The van der Waals surface area contributed by atoms with Crippen molar-refractivity contribution in [2.24, 2.45) is 22.9 Å². The van der Waals surface area contributed by atoms with E-state index in [1.807, 2.05) is 19.1 Å². The number of nitrogens with zero attached hydrogens (tertiary/aromatic N) is 1. The summed E-state index contributed by atoms with van der Waals surface area (Å²) in [5.41, 5.74) is 6.24. The quantitative estimate of drug-likeness (QED) is 0.203. The molecule has 0 heterocycles. The van der Waals surface area contributed by atoms with E-state index in [0.717, 1.165) is 23.4 Å². The Morgan fingerprint density at radius 3 is 2.19 bits per heavy atom. The maximum Gasteiger partial charge on any atom is 0.271 e. The summed E-state index contributed by atoms with van der Waals surface area (Å²) in [6.07, 6.45) is 9.78. The first-order chi connectivity index (χ1) is 20.9. The maximum absolute atomic E-state index is 12.7. The van der Waals surface area contributed by atoms with Crippen LogP contribution in [0.3, 0.4) is 0 Å². The molecule has 0 radical (unpaired) electrons. The molecular weight excluding hydrogens is 542 g/mol. The van der Waals surface area contributed by atoms with Crippen molar-refractivity contribution in [2.75, 3.05) is 25.6 Å². The molecular formula is C35H39N3O5. The van der Waals surface area contributed by atoms with Gasteiger partial charge in [-0.25, -0.2) is 5.43 Å². The van der Waals surface area contributed by atoms with E-state index in [1.165, 1.54) is 50.3 Å². The highest BCUT2D eigenvalue weighted by molar-refractivity contribution is 5.95. The fourth-order valence-electron chi connectivity index (χ4n) is 7.68. The average Bonchev–Trinajstić information content (AvgIpc) is 3.00. The number of benzene rings is 3. The van der Waals surface area contributed by atoms with E-state index >= 15 is 0 Å². The van der Waals surface area contributed by atoms with Gasteiger partial charge in [-0.05, 0) is 134 Å². The molecule has 8 heteroatoms. The lowest BCUT2D eigenvalue weighted by Crippen LogP contribution is -2.48. The number of hydrazone groups is 1. The van der Waals surface area contributed by atoms with Gasteiger partial charge >= 0.3 is 0 Å². The topological polar surface area (TPSA) is 98.2 Å². The Morgan fingerprint density at radius 1 is 0.884 bits per heavy atom. The van der Waals surface area contributed by atoms with Gasteiger partial charge in [-0.2, -0.15) is 5.10 Å². The van der Waals surface area contributed by atoms with Crippen LogP contribution in [0.2, 0.25) is 0 Å². The molecule has 4 bridgehead atoms. The summed E-state index contributed by atoms with van der Waals surface area (Å²) in [7, 11) is 1.57. The third-order valence-corrected chi connectivity index (χ3v) is 9.18. The Kier molecular flexibility index (Phi) is 8.36. The average molecular weight is 582 g/mol. The number of amides is 2. The van der Waals surface area contributed by atoms with E-state index in [-0.39, 0.29) is 18.4 Å². The summed E-state index contributed by atoms with van der Waals surface area (Å²) in [5, 5.41) is 7.02. The van der Waals surface area contributed by atoms with E-state index < -0.39 is 0 Å². The van der Waals surface area contributed by atoms with E-state index in [4.69, 9.17) is 14.2 Å². The number of methoxy groups -OCH3 is 1. The summed E-state index contributed by atoms with van der Waals surface area (Å²) in [6.45, 7) is 2.15. The van der Waals surface area contributed by atoms with Gasteiger partial charge < -0.3 is 19.5 Å². The van der Waals surface area contributed by atoms with Gasteiger partial charge in [-0.1, -0.05) is 12.1 Å². The number of anilines is 1. The van der Waals surface area contributed by atoms with Crippen molar-refractivity contribution >= 4 is 23.7 Å². The van der Waals surface area contributed by atoms with E-state index in [9.17, 15) is 9.59 Å². The molecule has 0 spiro atoms. The first kappa shape index (κ1) is 28.8. The van der Waals surface area contributed by atoms with Crippen molar-refractivity contribution in [1.29, 1.82) is 0 Å². The summed E-state index contributed by atoms with van der Waals surface area (Å²) in [5.74, 6) is 3.73. The van der Waals surface area contributed by atoms with Crippen LogP contribution in [-0.2, 0) is 10.2 Å². The van der Waals surface area contributed by atoms with Crippen molar-refractivity contribution in [3.63, 3.8) is 0 Å². The molecule has 0 unspecified atom stereocenters. The Balaban J connectivity index is 1.02. The van der Waals surface area contributed by atoms with Crippen LogP contribution < -0.4 is 25.0 Å². The largest absolute Gasteiger partial charge is 0.497 e. The Hall–Kier alpha value is -4.33. The second kappa shape index (κ2) is 12.5. The molecule has 224 valence electrons. The van der Waals surface area contributed by atoms with Gasteiger partial charge in [-0.3, -0.25) is 9.59 Å². The molecule has 43 heavy (non-hydrogen) atoms. The van der Waals surface area contributed by atoms with Crippen molar-refractivity contribution in [3.8, 4) is 17.2 Å². The summed E-state index contributed by atoms with van der Waals surface area (Å²) >= 11 is 0. The van der Waals surface area contributed by atoms with Crippen LogP contribution in [-0.4, -0.2) is 38.4 Å². The molecule has 8 nitrogen and oxygen atoms in total.